The van der Waals surface area contributed by atoms with E-state index in [4.69, 9.17) is 0 Å². The van der Waals surface area contributed by atoms with Gasteiger partial charge in [0.15, 0.2) is 0 Å². The van der Waals surface area contributed by atoms with Gasteiger partial charge in [0.2, 0.25) is 0 Å². The molecule has 5 nitrogen and oxygen atoms in total. The number of rotatable bonds is 6. The Morgan fingerprint density at radius 1 is 0.683 bits per heavy atom. The maximum Gasteiger partial charge on any atom is 0.416 e. The molecule has 4 rings (SSSR count). The quantitative estimate of drug-likeness (QED) is 0.218. The van der Waals surface area contributed by atoms with Crippen molar-refractivity contribution in [2.45, 2.75) is 31.6 Å². The third-order valence-corrected chi connectivity index (χ3v) is 5.82. The number of aromatic nitrogens is 4. The van der Waals surface area contributed by atoms with Crippen LogP contribution in [-0.2, 0) is 38.7 Å². The molecular formula is C25H16F11N5. The van der Waals surface area contributed by atoms with Crippen LogP contribution in [0.4, 0.5) is 54.2 Å². The third kappa shape index (κ3) is 6.92. The SMILES string of the molecule is Cn1nnc(N(Cc2cc(C(F)(F)F)cc(C(F)(F)F)c2)Cc2cc(C(F)(F)F)ccc2-c2ccc(F)cc2F)n1. The minimum atomic E-state index is -5.15. The number of anilines is 1. The van der Waals surface area contributed by atoms with Crippen LogP contribution >= 0.6 is 0 Å². The molecule has 1 aromatic heterocycles. The Labute approximate surface area is 223 Å². The van der Waals surface area contributed by atoms with Crippen molar-refractivity contribution in [2.24, 2.45) is 7.05 Å². The Kier molecular flexibility index (Phi) is 7.71. The summed E-state index contributed by atoms with van der Waals surface area (Å²) in [7, 11) is 1.30. The highest BCUT2D eigenvalue weighted by Crippen LogP contribution is 2.38. The summed E-state index contributed by atoms with van der Waals surface area (Å²) in [5.74, 6) is -2.44. The molecule has 0 aliphatic heterocycles. The molecule has 218 valence electrons. The Morgan fingerprint density at radius 2 is 1.27 bits per heavy atom. The minimum absolute atomic E-state index is 0.0728. The maximum absolute atomic E-state index is 14.6. The molecule has 0 N–H and O–H groups in total. The number of nitrogens with zero attached hydrogens (tertiary/aromatic N) is 5. The summed E-state index contributed by atoms with van der Waals surface area (Å²) in [4.78, 5) is 1.88. The highest BCUT2D eigenvalue weighted by Gasteiger charge is 2.37. The van der Waals surface area contributed by atoms with Crippen LogP contribution in [0.2, 0.25) is 0 Å². The van der Waals surface area contributed by atoms with Crippen LogP contribution in [0, 0.1) is 11.6 Å². The number of hydrogen-bond acceptors (Lipinski definition) is 4. The van der Waals surface area contributed by atoms with Crippen LogP contribution in [0.3, 0.4) is 0 Å². The second kappa shape index (κ2) is 10.6. The molecule has 0 saturated carbocycles. The molecule has 16 heteroatoms. The fourth-order valence-corrected chi connectivity index (χ4v) is 4.01. The van der Waals surface area contributed by atoms with E-state index in [0.717, 1.165) is 27.9 Å². The van der Waals surface area contributed by atoms with Crippen LogP contribution in [0.15, 0.2) is 54.6 Å². The molecule has 0 aliphatic carbocycles. The van der Waals surface area contributed by atoms with Crippen LogP contribution in [0.1, 0.15) is 27.8 Å². The van der Waals surface area contributed by atoms with E-state index in [1.165, 1.54) is 7.05 Å². The summed E-state index contributed by atoms with van der Waals surface area (Å²) in [6.45, 7) is -1.40. The van der Waals surface area contributed by atoms with E-state index in [-0.39, 0.29) is 28.7 Å². The van der Waals surface area contributed by atoms with E-state index in [9.17, 15) is 48.3 Å². The van der Waals surface area contributed by atoms with Crippen LogP contribution in [0.5, 0.6) is 0 Å². The zero-order chi connectivity index (χ0) is 30.3. The Hall–Kier alpha value is -4.24. The summed E-state index contributed by atoms with van der Waals surface area (Å²) in [6, 6.07) is 5.37. The molecule has 0 fully saturated rings. The predicted octanol–water partition coefficient (Wildman–Crippen LogP) is 7.42. The number of benzene rings is 3. The molecule has 4 aromatic rings. The number of hydrogen-bond donors (Lipinski definition) is 0. The average molecular weight is 595 g/mol. The van der Waals surface area contributed by atoms with Crippen molar-refractivity contribution in [1.82, 2.24) is 20.2 Å². The lowest BCUT2D eigenvalue weighted by atomic mass is 9.96. The van der Waals surface area contributed by atoms with Crippen molar-refractivity contribution in [3.05, 3.63) is 94.0 Å². The number of aryl methyl sites for hydroxylation is 1. The molecule has 0 radical (unpaired) electrons. The fraction of sp³-hybridized carbons (Fsp3) is 0.240. The van der Waals surface area contributed by atoms with E-state index in [1.807, 2.05) is 0 Å². The van der Waals surface area contributed by atoms with Gasteiger partial charge in [0.05, 0.1) is 23.7 Å². The van der Waals surface area contributed by atoms with E-state index in [1.54, 1.807) is 0 Å². The summed E-state index contributed by atoms with van der Waals surface area (Å²) < 4.78 is 149. The zero-order valence-electron chi connectivity index (χ0n) is 20.5. The summed E-state index contributed by atoms with van der Waals surface area (Å²) in [5, 5.41) is 11.1. The molecule has 0 bridgehead atoms. The van der Waals surface area contributed by atoms with Gasteiger partial charge in [0.1, 0.15) is 11.6 Å². The van der Waals surface area contributed by atoms with E-state index in [2.05, 4.69) is 15.4 Å². The molecule has 0 saturated heterocycles. The largest absolute Gasteiger partial charge is 0.416 e. The van der Waals surface area contributed by atoms with Gasteiger partial charge in [-0.1, -0.05) is 11.2 Å². The zero-order valence-corrected chi connectivity index (χ0v) is 20.5. The first-order valence-corrected chi connectivity index (χ1v) is 11.3. The highest BCUT2D eigenvalue weighted by atomic mass is 19.4. The fourth-order valence-electron chi connectivity index (χ4n) is 4.01. The first-order chi connectivity index (χ1) is 18.9. The highest BCUT2D eigenvalue weighted by molar-refractivity contribution is 5.69. The molecule has 0 spiro atoms. The van der Waals surface area contributed by atoms with Crippen molar-refractivity contribution in [2.75, 3.05) is 4.90 Å². The molecule has 41 heavy (non-hydrogen) atoms. The van der Waals surface area contributed by atoms with Gasteiger partial charge in [0, 0.05) is 24.7 Å². The standard InChI is InChI=1S/C25H16F11N5/c1-40-38-22(37-39-40)41(11-13-6-16(24(31,32)33)9-17(7-13)25(34,35)36)12-14-8-15(23(28,29)30)2-4-19(14)20-5-3-18(26)10-21(20)27/h2-10H,11-12H2,1H3. The van der Waals surface area contributed by atoms with Crippen LogP contribution in [-0.4, -0.2) is 20.2 Å². The first kappa shape index (κ1) is 29.7. The van der Waals surface area contributed by atoms with Gasteiger partial charge in [-0.2, -0.15) is 44.3 Å². The summed E-state index contributed by atoms with van der Waals surface area (Å²) in [5.41, 5.74) is -5.64. The first-order valence-electron chi connectivity index (χ1n) is 11.3. The van der Waals surface area contributed by atoms with Crippen molar-refractivity contribution in [1.29, 1.82) is 0 Å². The summed E-state index contributed by atoms with van der Waals surface area (Å²) in [6.07, 6.45) is -15.2. The van der Waals surface area contributed by atoms with Gasteiger partial charge in [-0.15, -0.1) is 5.10 Å². The Balaban J connectivity index is 1.86. The van der Waals surface area contributed by atoms with Gasteiger partial charge in [-0.3, -0.25) is 0 Å². The van der Waals surface area contributed by atoms with Gasteiger partial charge >= 0.3 is 18.5 Å². The third-order valence-electron chi connectivity index (χ3n) is 5.82. The average Bonchev–Trinajstić information content (AvgIpc) is 3.28. The van der Waals surface area contributed by atoms with Crippen molar-refractivity contribution in [3.8, 4) is 11.1 Å². The lowest BCUT2D eigenvalue weighted by Gasteiger charge is -2.24. The van der Waals surface area contributed by atoms with Gasteiger partial charge in [-0.25, -0.2) is 8.78 Å². The molecule has 1 heterocycles. The molecule has 0 atom stereocenters. The van der Waals surface area contributed by atoms with Crippen LogP contribution in [0.25, 0.3) is 11.1 Å². The van der Waals surface area contributed by atoms with Gasteiger partial charge < -0.3 is 4.90 Å². The lowest BCUT2D eigenvalue weighted by molar-refractivity contribution is -0.143. The van der Waals surface area contributed by atoms with Gasteiger partial charge in [-0.05, 0) is 64.4 Å². The smallest absolute Gasteiger partial charge is 0.330 e. The van der Waals surface area contributed by atoms with Crippen molar-refractivity contribution in [3.63, 3.8) is 0 Å². The molecule has 0 aliphatic rings. The topological polar surface area (TPSA) is 46.8 Å². The molecule has 0 amide bonds. The lowest BCUT2D eigenvalue weighted by Crippen LogP contribution is -2.25. The second-order valence-corrected chi connectivity index (χ2v) is 8.84. The second-order valence-electron chi connectivity index (χ2n) is 8.84. The van der Waals surface area contributed by atoms with Crippen LogP contribution < -0.4 is 4.90 Å². The Morgan fingerprint density at radius 3 is 1.78 bits per heavy atom. The maximum atomic E-state index is 14.6. The molecule has 3 aromatic carbocycles. The van der Waals surface area contributed by atoms with E-state index < -0.39 is 65.5 Å². The minimum Gasteiger partial charge on any atom is -0.330 e. The van der Waals surface area contributed by atoms with Crippen molar-refractivity contribution >= 4 is 5.95 Å². The van der Waals surface area contributed by atoms with Gasteiger partial charge in [0.25, 0.3) is 5.95 Å². The monoisotopic (exact) mass is 595 g/mol. The number of halogens is 11. The van der Waals surface area contributed by atoms with Crippen molar-refractivity contribution < 1.29 is 48.3 Å². The summed E-state index contributed by atoms with van der Waals surface area (Å²) >= 11 is 0. The molecular weight excluding hydrogens is 579 g/mol. The van der Waals surface area contributed by atoms with E-state index >= 15 is 0 Å². The predicted molar refractivity (Wildman–Crippen MR) is 122 cm³/mol. The normalized spacial score (nSPS) is 12.6. The number of alkyl halides is 9. The Bertz CT molecular complexity index is 1520. The molecule has 0 unspecified atom stereocenters. The number of tetrazole rings is 1. The van der Waals surface area contributed by atoms with E-state index in [0.29, 0.717) is 30.3 Å².